The third-order valence-electron chi connectivity index (χ3n) is 2.75. The molecule has 0 aliphatic heterocycles. The van der Waals surface area contributed by atoms with Gasteiger partial charge in [0.2, 0.25) is 0 Å². The summed E-state index contributed by atoms with van der Waals surface area (Å²) in [6.07, 6.45) is 0. The van der Waals surface area contributed by atoms with Crippen LogP contribution in [0.5, 0.6) is 5.75 Å². The zero-order chi connectivity index (χ0) is 12.3. The van der Waals surface area contributed by atoms with Gasteiger partial charge in [-0.3, -0.25) is 0 Å². The molecule has 0 fully saturated rings. The van der Waals surface area contributed by atoms with Crippen LogP contribution in [0, 0.1) is 0 Å². The van der Waals surface area contributed by atoms with Crippen molar-refractivity contribution in [3.63, 3.8) is 0 Å². The van der Waals surface area contributed by atoms with Crippen LogP contribution in [0.3, 0.4) is 0 Å². The topological polar surface area (TPSA) is 29.5 Å². The van der Waals surface area contributed by atoms with Crippen molar-refractivity contribution in [2.75, 3.05) is 13.7 Å². The predicted molar refractivity (Wildman–Crippen MR) is 67.6 cm³/mol. The minimum atomic E-state index is 0.0765. The van der Waals surface area contributed by atoms with Crippen LogP contribution >= 0.6 is 11.6 Å². The van der Waals surface area contributed by atoms with Gasteiger partial charge in [0.1, 0.15) is 5.75 Å². The Morgan fingerprint density at radius 2 is 1.94 bits per heavy atom. The number of methoxy groups -OCH3 is 1. The zero-order valence-electron chi connectivity index (χ0n) is 10.2. The van der Waals surface area contributed by atoms with Crippen molar-refractivity contribution >= 4 is 11.6 Å². The van der Waals surface area contributed by atoms with Crippen molar-refractivity contribution in [2.45, 2.75) is 32.6 Å². The Balaban J connectivity index is 3.26. The molecule has 0 spiro atoms. The van der Waals surface area contributed by atoms with Crippen LogP contribution in [0.25, 0.3) is 0 Å². The Hall–Kier alpha value is -0.730. The highest BCUT2D eigenvalue weighted by Crippen LogP contribution is 2.36. The Labute approximate surface area is 102 Å². The highest BCUT2D eigenvalue weighted by atomic mass is 35.5. The molecule has 1 N–H and O–H groups in total. The van der Waals surface area contributed by atoms with Crippen LogP contribution in [0.2, 0.25) is 5.02 Å². The van der Waals surface area contributed by atoms with E-state index in [9.17, 15) is 0 Å². The number of halogens is 1. The van der Waals surface area contributed by atoms with Gasteiger partial charge in [0.25, 0.3) is 0 Å². The van der Waals surface area contributed by atoms with E-state index < -0.39 is 0 Å². The molecule has 1 atom stereocenters. The molecule has 0 aliphatic rings. The van der Waals surface area contributed by atoms with Crippen LogP contribution < -0.4 is 4.74 Å². The quantitative estimate of drug-likeness (QED) is 0.875. The number of aliphatic hydroxyl groups excluding tert-OH is 1. The molecule has 3 heteroatoms. The lowest BCUT2D eigenvalue weighted by molar-refractivity contribution is 0.272. The maximum Gasteiger partial charge on any atom is 0.124 e. The first-order valence-electron chi connectivity index (χ1n) is 5.49. The summed E-state index contributed by atoms with van der Waals surface area (Å²) >= 11 is 6.25. The molecule has 1 rings (SSSR count). The van der Waals surface area contributed by atoms with E-state index in [4.69, 9.17) is 21.4 Å². The van der Waals surface area contributed by atoms with Gasteiger partial charge in [-0.05, 0) is 23.6 Å². The van der Waals surface area contributed by atoms with Crippen LogP contribution in [0.15, 0.2) is 12.1 Å². The lowest BCUT2D eigenvalue weighted by Crippen LogP contribution is -2.02. The molecule has 0 aliphatic carbocycles. The molecule has 0 amide bonds. The smallest absolute Gasteiger partial charge is 0.124 e. The van der Waals surface area contributed by atoms with E-state index in [1.165, 1.54) is 0 Å². The predicted octanol–water partition coefficient (Wildman–Crippen LogP) is 3.57. The minimum Gasteiger partial charge on any atom is -0.496 e. The molecule has 0 saturated heterocycles. The van der Waals surface area contributed by atoms with Gasteiger partial charge in [-0.25, -0.2) is 0 Å². The van der Waals surface area contributed by atoms with Crippen molar-refractivity contribution in [3.8, 4) is 5.75 Å². The molecule has 1 aromatic rings. The maximum atomic E-state index is 9.14. The van der Waals surface area contributed by atoms with E-state index in [-0.39, 0.29) is 12.5 Å². The maximum absolute atomic E-state index is 9.14. The number of hydrogen-bond donors (Lipinski definition) is 1. The molecule has 1 aromatic carbocycles. The van der Waals surface area contributed by atoms with Gasteiger partial charge in [-0.2, -0.15) is 0 Å². The molecule has 0 bridgehead atoms. The summed E-state index contributed by atoms with van der Waals surface area (Å²) in [5.74, 6) is 1.20. The molecule has 0 heterocycles. The first kappa shape index (κ1) is 13.3. The van der Waals surface area contributed by atoms with Crippen molar-refractivity contribution in [2.24, 2.45) is 0 Å². The van der Waals surface area contributed by atoms with E-state index in [0.717, 1.165) is 16.9 Å². The van der Waals surface area contributed by atoms with Crippen LogP contribution in [0.1, 0.15) is 43.7 Å². The largest absolute Gasteiger partial charge is 0.496 e. The van der Waals surface area contributed by atoms with Crippen molar-refractivity contribution in [1.82, 2.24) is 0 Å². The fourth-order valence-corrected chi connectivity index (χ4v) is 2.17. The number of benzene rings is 1. The van der Waals surface area contributed by atoms with Gasteiger partial charge in [0.15, 0.2) is 0 Å². The van der Waals surface area contributed by atoms with Gasteiger partial charge in [-0.1, -0.05) is 32.4 Å². The summed E-state index contributed by atoms with van der Waals surface area (Å²) in [4.78, 5) is 0. The standard InChI is InChI=1S/C13H19ClO2/c1-8(2)13-11(14)5-10(9(3)7-15)6-12(13)16-4/h5-6,8-9,15H,7H2,1-4H3. The summed E-state index contributed by atoms with van der Waals surface area (Å²) in [6, 6.07) is 3.88. The Morgan fingerprint density at radius 3 is 2.38 bits per heavy atom. The summed E-state index contributed by atoms with van der Waals surface area (Å²) in [7, 11) is 1.64. The molecule has 16 heavy (non-hydrogen) atoms. The third-order valence-corrected chi connectivity index (χ3v) is 3.07. The molecule has 0 aromatic heterocycles. The van der Waals surface area contributed by atoms with Gasteiger partial charge in [0.05, 0.1) is 7.11 Å². The highest BCUT2D eigenvalue weighted by molar-refractivity contribution is 6.31. The lowest BCUT2D eigenvalue weighted by atomic mass is 9.95. The van der Waals surface area contributed by atoms with Gasteiger partial charge in [0, 0.05) is 23.1 Å². The number of aliphatic hydroxyl groups is 1. The van der Waals surface area contributed by atoms with E-state index in [0.29, 0.717) is 10.9 Å². The number of rotatable bonds is 4. The van der Waals surface area contributed by atoms with Gasteiger partial charge >= 0.3 is 0 Å². The molecule has 90 valence electrons. The number of hydrogen-bond acceptors (Lipinski definition) is 2. The summed E-state index contributed by atoms with van der Waals surface area (Å²) < 4.78 is 5.36. The molecule has 1 unspecified atom stereocenters. The fourth-order valence-electron chi connectivity index (χ4n) is 1.73. The van der Waals surface area contributed by atoms with Crippen LogP contribution in [-0.2, 0) is 0 Å². The molecule has 0 radical (unpaired) electrons. The van der Waals surface area contributed by atoms with Crippen molar-refractivity contribution < 1.29 is 9.84 Å². The highest BCUT2D eigenvalue weighted by Gasteiger charge is 2.15. The first-order chi connectivity index (χ1) is 7.51. The minimum absolute atomic E-state index is 0.0765. The van der Waals surface area contributed by atoms with Crippen LogP contribution in [-0.4, -0.2) is 18.8 Å². The second-order valence-electron chi connectivity index (χ2n) is 4.36. The Kier molecular flexibility index (Phi) is 4.63. The van der Waals surface area contributed by atoms with Crippen molar-refractivity contribution in [1.29, 1.82) is 0 Å². The molecular weight excluding hydrogens is 224 g/mol. The fraction of sp³-hybridized carbons (Fsp3) is 0.538. The van der Waals surface area contributed by atoms with E-state index in [1.54, 1.807) is 7.11 Å². The second-order valence-corrected chi connectivity index (χ2v) is 4.76. The average molecular weight is 243 g/mol. The average Bonchev–Trinajstić information content (AvgIpc) is 2.26. The molecule has 2 nitrogen and oxygen atoms in total. The van der Waals surface area contributed by atoms with E-state index >= 15 is 0 Å². The van der Waals surface area contributed by atoms with Gasteiger partial charge < -0.3 is 9.84 Å². The van der Waals surface area contributed by atoms with Crippen LogP contribution in [0.4, 0.5) is 0 Å². The summed E-state index contributed by atoms with van der Waals surface area (Å²) in [5, 5.41) is 9.85. The van der Waals surface area contributed by atoms with E-state index in [1.807, 2.05) is 19.1 Å². The SMILES string of the molecule is COc1cc(C(C)CO)cc(Cl)c1C(C)C. The third kappa shape index (κ3) is 2.69. The monoisotopic (exact) mass is 242 g/mol. The van der Waals surface area contributed by atoms with Gasteiger partial charge in [-0.15, -0.1) is 0 Å². The Morgan fingerprint density at radius 1 is 1.31 bits per heavy atom. The lowest BCUT2D eigenvalue weighted by Gasteiger charge is -2.17. The normalized spacial score (nSPS) is 12.9. The molecule has 0 saturated carbocycles. The summed E-state index contributed by atoms with van der Waals surface area (Å²) in [6.45, 7) is 6.23. The van der Waals surface area contributed by atoms with Crippen molar-refractivity contribution in [3.05, 3.63) is 28.3 Å². The molecular formula is C13H19ClO2. The zero-order valence-corrected chi connectivity index (χ0v) is 11.0. The Bertz CT molecular complexity index is 361. The first-order valence-corrected chi connectivity index (χ1v) is 5.87. The number of ether oxygens (including phenoxy) is 1. The summed E-state index contributed by atoms with van der Waals surface area (Å²) in [5.41, 5.74) is 2.03. The van der Waals surface area contributed by atoms with E-state index in [2.05, 4.69) is 13.8 Å². The second kappa shape index (κ2) is 5.55.